The lowest BCUT2D eigenvalue weighted by molar-refractivity contribution is -0.132. The molecule has 126 valence electrons. The highest BCUT2D eigenvalue weighted by molar-refractivity contribution is 5.88. The number of piperidine rings is 1. The number of rotatable bonds is 2. The summed E-state index contributed by atoms with van der Waals surface area (Å²) < 4.78 is 1.91. The van der Waals surface area contributed by atoms with Gasteiger partial charge in [0.1, 0.15) is 12.1 Å². The number of amides is 1. The highest BCUT2D eigenvalue weighted by Crippen LogP contribution is 2.28. The molecule has 23 heavy (non-hydrogen) atoms. The van der Waals surface area contributed by atoms with Gasteiger partial charge in [0.2, 0.25) is 5.91 Å². The van der Waals surface area contributed by atoms with Gasteiger partial charge in [-0.3, -0.25) is 4.79 Å². The summed E-state index contributed by atoms with van der Waals surface area (Å²) in [5.74, 6) is 0.656. The predicted molar refractivity (Wildman–Crippen MR) is 91.0 cm³/mol. The average Bonchev–Trinajstić information content (AvgIpc) is 2.94. The van der Waals surface area contributed by atoms with Crippen LogP contribution in [-0.2, 0) is 4.79 Å². The molecular formula is C16H26N6O. The lowest BCUT2D eigenvalue weighted by atomic mass is 10.1. The molecular weight excluding hydrogens is 292 g/mol. The van der Waals surface area contributed by atoms with Crippen LogP contribution < -0.4 is 5.73 Å². The van der Waals surface area contributed by atoms with Gasteiger partial charge in [0.25, 0.3) is 0 Å². The number of carbonyl (C=O) groups is 1. The van der Waals surface area contributed by atoms with Gasteiger partial charge < -0.3 is 10.6 Å². The Morgan fingerprint density at radius 1 is 1.39 bits per heavy atom. The molecule has 0 radical (unpaired) electrons. The van der Waals surface area contributed by atoms with Crippen molar-refractivity contribution < 1.29 is 4.79 Å². The minimum atomic E-state index is 0.153. The van der Waals surface area contributed by atoms with Crippen LogP contribution in [0, 0.1) is 6.92 Å². The topological polar surface area (TPSA) is 89.9 Å². The van der Waals surface area contributed by atoms with Gasteiger partial charge in [-0.25, -0.2) is 14.6 Å². The Morgan fingerprint density at radius 3 is 2.83 bits per heavy atom. The number of fused-ring (bicyclic) bond motifs is 1. The van der Waals surface area contributed by atoms with Crippen LogP contribution in [-0.4, -0.2) is 43.6 Å². The van der Waals surface area contributed by atoms with Crippen molar-refractivity contribution in [3.8, 4) is 0 Å². The standard InChI is InChI=1S/C14H20N6O.C2H6/c1-3-11(21)19-6-4-5-10(7-19)20-14-12(9(2)18-20)13(15)16-8-17-14;1-2/h8,10H,3-7H2,1-2H3,(H2,15,16,17);1-2H3. The van der Waals surface area contributed by atoms with Gasteiger partial charge in [0.15, 0.2) is 5.65 Å². The van der Waals surface area contributed by atoms with E-state index in [4.69, 9.17) is 5.73 Å². The lowest BCUT2D eigenvalue weighted by Crippen LogP contribution is -2.40. The second kappa shape index (κ2) is 7.39. The molecule has 0 bridgehead atoms. The van der Waals surface area contributed by atoms with E-state index in [1.165, 1.54) is 6.33 Å². The Hall–Kier alpha value is -2.18. The maximum absolute atomic E-state index is 11.9. The van der Waals surface area contributed by atoms with Crippen LogP contribution in [0.5, 0.6) is 0 Å². The second-order valence-electron chi connectivity index (χ2n) is 5.48. The maximum atomic E-state index is 11.9. The van der Waals surface area contributed by atoms with Gasteiger partial charge in [-0.15, -0.1) is 0 Å². The zero-order chi connectivity index (χ0) is 17.0. The van der Waals surface area contributed by atoms with E-state index >= 15 is 0 Å². The third-order valence-corrected chi connectivity index (χ3v) is 4.09. The molecule has 1 aliphatic rings. The van der Waals surface area contributed by atoms with E-state index in [9.17, 15) is 4.79 Å². The first-order valence-corrected chi connectivity index (χ1v) is 8.35. The molecule has 2 aromatic heterocycles. The number of aromatic nitrogens is 4. The Bertz CT molecular complexity index is 681. The van der Waals surface area contributed by atoms with Crippen molar-refractivity contribution >= 4 is 22.8 Å². The third-order valence-electron chi connectivity index (χ3n) is 4.09. The number of aryl methyl sites for hydroxylation is 1. The first-order valence-electron chi connectivity index (χ1n) is 8.35. The van der Waals surface area contributed by atoms with Crippen LogP contribution in [0.1, 0.15) is 51.8 Å². The van der Waals surface area contributed by atoms with Crippen LogP contribution in [0.4, 0.5) is 5.82 Å². The Kier molecular flexibility index (Phi) is 5.52. The van der Waals surface area contributed by atoms with Crippen molar-refractivity contribution in [2.75, 3.05) is 18.8 Å². The van der Waals surface area contributed by atoms with E-state index in [-0.39, 0.29) is 11.9 Å². The first kappa shape index (κ1) is 17.2. The van der Waals surface area contributed by atoms with Crippen molar-refractivity contribution in [1.29, 1.82) is 0 Å². The number of nitrogens with zero attached hydrogens (tertiary/aromatic N) is 5. The Labute approximate surface area is 136 Å². The van der Waals surface area contributed by atoms with Crippen LogP contribution >= 0.6 is 0 Å². The van der Waals surface area contributed by atoms with Crippen molar-refractivity contribution in [2.24, 2.45) is 0 Å². The van der Waals surface area contributed by atoms with Crippen molar-refractivity contribution in [1.82, 2.24) is 24.6 Å². The molecule has 2 N–H and O–H groups in total. The molecule has 0 saturated carbocycles. The van der Waals surface area contributed by atoms with E-state index in [0.717, 1.165) is 36.1 Å². The highest BCUT2D eigenvalue weighted by Gasteiger charge is 2.26. The van der Waals surface area contributed by atoms with Gasteiger partial charge in [-0.05, 0) is 19.8 Å². The number of hydrogen-bond donors (Lipinski definition) is 1. The van der Waals surface area contributed by atoms with E-state index in [1.54, 1.807) is 0 Å². The molecule has 0 aliphatic carbocycles. The van der Waals surface area contributed by atoms with Gasteiger partial charge in [0.05, 0.1) is 17.1 Å². The molecule has 1 amide bonds. The minimum absolute atomic E-state index is 0.153. The number of nitrogen functional groups attached to an aromatic ring is 1. The molecule has 1 fully saturated rings. The summed E-state index contributed by atoms with van der Waals surface area (Å²) >= 11 is 0. The second-order valence-corrected chi connectivity index (χ2v) is 5.48. The van der Waals surface area contributed by atoms with Crippen molar-refractivity contribution in [2.45, 2.75) is 53.0 Å². The molecule has 2 aromatic rings. The third kappa shape index (κ3) is 3.28. The Morgan fingerprint density at radius 2 is 2.13 bits per heavy atom. The smallest absolute Gasteiger partial charge is 0.222 e. The molecule has 1 aliphatic heterocycles. The largest absolute Gasteiger partial charge is 0.383 e. The van der Waals surface area contributed by atoms with Gasteiger partial charge in [-0.1, -0.05) is 20.8 Å². The fourth-order valence-corrected chi connectivity index (χ4v) is 3.03. The monoisotopic (exact) mass is 318 g/mol. The van der Waals surface area contributed by atoms with E-state index in [0.29, 0.717) is 18.8 Å². The molecule has 3 rings (SSSR count). The predicted octanol–water partition coefficient (Wildman–Crippen LogP) is 2.32. The number of hydrogen-bond acceptors (Lipinski definition) is 5. The molecule has 1 atom stereocenters. The molecule has 0 spiro atoms. The summed E-state index contributed by atoms with van der Waals surface area (Å²) in [6.07, 6.45) is 3.98. The van der Waals surface area contributed by atoms with Crippen LogP contribution in [0.2, 0.25) is 0 Å². The molecule has 0 aromatic carbocycles. The molecule has 1 saturated heterocycles. The van der Waals surface area contributed by atoms with E-state index in [1.807, 2.05) is 37.3 Å². The van der Waals surface area contributed by atoms with Crippen LogP contribution in [0.25, 0.3) is 11.0 Å². The Balaban J connectivity index is 0.000000924. The number of likely N-dealkylation sites (tertiary alicyclic amines) is 1. The molecule has 1 unspecified atom stereocenters. The van der Waals surface area contributed by atoms with Gasteiger partial charge in [-0.2, -0.15) is 5.10 Å². The molecule has 3 heterocycles. The zero-order valence-corrected chi connectivity index (χ0v) is 14.4. The summed E-state index contributed by atoms with van der Waals surface area (Å²) in [7, 11) is 0. The van der Waals surface area contributed by atoms with Crippen LogP contribution in [0.3, 0.4) is 0 Å². The summed E-state index contributed by atoms with van der Waals surface area (Å²) in [4.78, 5) is 22.2. The van der Waals surface area contributed by atoms with Crippen molar-refractivity contribution in [3.05, 3.63) is 12.0 Å². The minimum Gasteiger partial charge on any atom is -0.383 e. The maximum Gasteiger partial charge on any atom is 0.222 e. The highest BCUT2D eigenvalue weighted by atomic mass is 16.2. The fraction of sp³-hybridized carbons (Fsp3) is 0.625. The summed E-state index contributed by atoms with van der Waals surface area (Å²) in [5.41, 5.74) is 7.52. The normalized spacial score (nSPS) is 17.7. The lowest BCUT2D eigenvalue weighted by Gasteiger charge is -2.32. The van der Waals surface area contributed by atoms with E-state index in [2.05, 4.69) is 15.1 Å². The zero-order valence-electron chi connectivity index (χ0n) is 14.4. The molecule has 7 nitrogen and oxygen atoms in total. The van der Waals surface area contributed by atoms with Crippen LogP contribution in [0.15, 0.2) is 6.33 Å². The quantitative estimate of drug-likeness (QED) is 0.917. The first-order chi connectivity index (χ1) is 11.1. The summed E-state index contributed by atoms with van der Waals surface area (Å²) in [6, 6.07) is 0.153. The average molecular weight is 318 g/mol. The SMILES string of the molecule is CC.CCC(=O)N1CCCC(n2nc(C)c3c(N)ncnc32)C1. The fourth-order valence-electron chi connectivity index (χ4n) is 3.03. The van der Waals surface area contributed by atoms with Gasteiger partial charge >= 0.3 is 0 Å². The number of nitrogens with two attached hydrogens (primary N) is 1. The van der Waals surface area contributed by atoms with Crippen molar-refractivity contribution in [3.63, 3.8) is 0 Å². The number of anilines is 1. The van der Waals surface area contributed by atoms with E-state index < -0.39 is 0 Å². The summed E-state index contributed by atoms with van der Waals surface area (Å²) in [6.45, 7) is 9.33. The molecule has 7 heteroatoms. The summed E-state index contributed by atoms with van der Waals surface area (Å²) in [5, 5.41) is 5.41. The number of carbonyl (C=O) groups excluding carboxylic acids is 1. The van der Waals surface area contributed by atoms with Gasteiger partial charge in [0, 0.05) is 19.5 Å².